The van der Waals surface area contributed by atoms with Crippen LogP contribution in [0.4, 0.5) is 4.79 Å². The number of nitrogens with two attached hydrogens (primary N) is 1. The Kier molecular flexibility index (Phi) is 5.09. The topological polar surface area (TPSA) is 124 Å². The standard InChI is InChI=1S/C12H19N5O4/c1-2-20-7-8-4-3-5-17(8)12(19)14-6-9-15-11(10(13)18)21-16-9/h8H,2-7H2,1H3,(H2,13,18)(H,14,19). The molecule has 9 heteroatoms. The summed E-state index contributed by atoms with van der Waals surface area (Å²) in [4.78, 5) is 28.4. The molecule has 3 N–H and O–H groups in total. The highest BCUT2D eigenvalue weighted by Crippen LogP contribution is 2.17. The predicted octanol–water partition coefficient (Wildman–Crippen LogP) is -0.121. The summed E-state index contributed by atoms with van der Waals surface area (Å²) in [6.45, 7) is 3.87. The average molecular weight is 297 g/mol. The van der Waals surface area contributed by atoms with Crippen LogP contribution in [-0.2, 0) is 11.3 Å². The largest absolute Gasteiger partial charge is 0.380 e. The molecule has 1 aliphatic heterocycles. The molecule has 1 aromatic rings. The molecule has 9 nitrogen and oxygen atoms in total. The molecular formula is C12H19N5O4. The van der Waals surface area contributed by atoms with Crippen molar-refractivity contribution in [3.05, 3.63) is 11.7 Å². The number of hydrogen-bond donors (Lipinski definition) is 2. The lowest BCUT2D eigenvalue weighted by Gasteiger charge is -2.24. The summed E-state index contributed by atoms with van der Waals surface area (Å²) >= 11 is 0. The first-order chi connectivity index (χ1) is 10.1. The molecule has 0 bridgehead atoms. The molecule has 1 aromatic heterocycles. The molecule has 0 saturated carbocycles. The lowest BCUT2D eigenvalue weighted by Crippen LogP contribution is -2.44. The van der Waals surface area contributed by atoms with Gasteiger partial charge in [-0.05, 0) is 19.8 Å². The molecule has 0 aromatic carbocycles. The molecule has 1 atom stereocenters. The summed E-state index contributed by atoms with van der Waals surface area (Å²) in [6.07, 6.45) is 1.89. The Balaban J connectivity index is 1.84. The summed E-state index contributed by atoms with van der Waals surface area (Å²) in [5.74, 6) is -0.858. The van der Waals surface area contributed by atoms with Gasteiger partial charge in [0.15, 0.2) is 5.82 Å². The first-order valence-corrected chi connectivity index (χ1v) is 6.86. The fourth-order valence-electron chi connectivity index (χ4n) is 2.21. The van der Waals surface area contributed by atoms with Gasteiger partial charge in [-0.1, -0.05) is 5.16 Å². The van der Waals surface area contributed by atoms with Crippen LogP contribution >= 0.6 is 0 Å². The van der Waals surface area contributed by atoms with Crippen LogP contribution in [0.15, 0.2) is 4.52 Å². The zero-order valence-corrected chi connectivity index (χ0v) is 11.9. The van der Waals surface area contributed by atoms with Crippen molar-refractivity contribution in [3.63, 3.8) is 0 Å². The van der Waals surface area contributed by atoms with Gasteiger partial charge in [0.05, 0.1) is 19.2 Å². The number of carbonyl (C=O) groups is 2. The highest BCUT2D eigenvalue weighted by molar-refractivity contribution is 5.87. The number of hydrogen-bond acceptors (Lipinski definition) is 6. The van der Waals surface area contributed by atoms with Crippen LogP contribution in [0.5, 0.6) is 0 Å². The molecule has 1 fully saturated rings. The molecule has 0 radical (unpaired) electrons. The molecular weight excluding hydrogens is 278 g/mol. The number of ether oxygens (including phenoxy) is 1. The Hall–Kier alpha value is -2.16. The van der Waals surface area contributed by atoms with Crippen LogP contribution < -0.4 is 11.1 Å². The second-order valence-electron chi connectivity index (χ2n) is 4.69. The van der Waals surface area contributed by atoms with Crippen LogP contribution in [0, 0.1) is 0 Å². The number of aromatic nitrogens is 2. The van der Waals surface area contributed by atoms with E-state index in [1.807, 2.05) is 6.92 Å². The van der Waals surface area contributed by atoms with Gasteiger partial charge in [0.1, 0.15) is 0 Å². The first kappa shape index (κ1) is 15.2. The Labute approximate surface area is 121 Å². The first-order valence-electron chi connectivity index (χ1n) is 6.86. The summed E-state index contributed by atoms with van der Waals surface area (Å²) in [5, 5.41) is 6.25. The fourth-order valence-corrected chi connectivity index (χ4v) is 2.21. The third-order valence-corrected chi connectivity index (χ3v) is 3.23. The van der Waals surface area contributed by atoms with Gasteiger partial charge in [0, 0.05) is 13.2 Å². The quantitative estimate of drug-likeness (QED) is 0.754. The number of urea groups is 1. The molecule has 0 aliphatic carbocycles. The van der Waals surface area contributed by atoms with Gasteiger partial charge in [0.25, 0.3) is 0 Å². The third kappa shape index (κ3) is 3.91. The smallest absolute Gasteiger partial charge is 0.318 e. The van der Waals surface area contributed by atoms with Crippen molar-refractivity contribution in [3.8, 4) is 0 Å². The van der Waals surface area contributed by atoms with Crippen LogP contribution in [0.25, 0.3) is 0 Å². The van der Waals surface area contributed by atoms with E-state index < -0.39 is 5.91 Å². The highest BCUT2D eigenvalue weighted by atomic mass is 16.5. The number of amides is 3. The summed E-state index contributed by atoms with van der Waals surface area (Å²) in [7, 11) is 0. The summed E-state index contributed by atoms with van der Waals surface area (Å²) < 4.78 is 10.0. The molecule has 2 heterocycles. The Morgan fingerprint density at radius 1 is 1.57 bits per heavy atom. The third-order valence-electron chi connectivity index (χ3n) is 3.23. The number of rotatable bonds is 6. The average Bonchev–Trinajstić information content (AvgIpc) is 3.11. The van der Waals surface area contributed by atoms with Gasteiger partial charge >= 0.3 is 17.8 Å². The molecule has 2 rings (SSSR count). The van der Waals surface area contributed by atoms with E-state index >= 15 is 0 Å². The van der Waals surface area contributed by atoms with Gasteiger partial charge in [-0.15, -0.1) is 0 Å². The van der Waals surface area contributed by atoms with Gasteiger partial charge in [0.2, 0.25) is 0 Å². The minimum Gasteiger partial charge on any atom is -0.380 e. The van der Waals surface area contributed by atoms with Crippen molar-refractivity contribution in [1.29, 1.82) is 0 Å². The number of primary amides is 1. The lowest BCUT2D eigenvalue weighted by atomic mass is 10.2. The van der Waals surface area contributed by atoms with E-state index in [1.54, 1.807) is 4.90 Å². The highest BCUT2D eigenvalue weighted by Gasteiger charge is 2.28. The molecule has 1 saturated heterocycles. The SMILES string of the molecule is CCOCC1CCCN1C(=O)NCc1noc(C(N)=O)n1. The Morgan fingerprint density at radius 3 is 3.05 bits per heavy atom. The minimum absolute atomic E-state index is 0.0769. The van der Waals surface area contributed by atoms with E-state index in [1.165, 1.54) is 0 Å². The molecule has 3 amide bonds. The van der Waals surface area contributed by atoms with E-state index in [-0.39, 0.29) is 30.3 Å². The van der Waals surface area contributed by atoms with Gasteiger partial charge in [-0.2, -0.15) is 4.98 Å². The second-order valence-corrected chi connectivity index (χ2v) is 4.69. The van der Waals surface area contributed by atoms with Crippen molar-refractivity contribution >= 4 is 11.9 Å². The van der Waals surface area contributed by atoms with Crippen LogP contribution in [-0.4, -0.2) is 52.8 Å². The van der Waals surface area contributed by atoms with E-state index in [0.29, 0.717) is 19.8 Å². The van der Waals surface area contributed by atoms with Crippen molar-refractivity contribution in [1.82, 2.24) is 20.4 Å². The van der Waals surface area contributed by atoms with Crippen molar-refractivity contribution in [2.45, 2.75) is 32.4 Å². The van der Waals surface area contributed by atoms with Crippen LogP contribution in [0.3, 0.4) is 0 Å². The van der Waals surface area contributed by atoms with Gasteiger partial charge < -0.3 is 25.2 Å². The Bertz CT molecular complexity index is 504. The second kappa shape index (κ2) is 7.02. The van der Waals surface area contributed by atoms with E-state index in [0.717, 1.165) is 12.8 Å². The predicted molar refractivity (Wildman–Crippen MR) is 71.3 cm³/mol. The lowest BCUT2D eigenvalue weighted by molar-refractivity contribution is 0.0939. The summed E-state index contributed by atoms with van der Waals surface area (Å²) in [5.41, 5.74) is 5.00. The maximum absolute atomic E-state index is 12.1. The zero-order chi connectivity index (χ0) is 15.2. The number of nitrogens with zero attached hydrogens (tertiary/aromatic N) is 3. The molecule has 1 aliphatic rings. The van der Waals surface area contributed by atoms with Gasteiger partial charge in [-0.25, -0.2) is 4.79 Å². The van der Waals surface area contributed by atoms with Crippen molar-refractivity contribution in [2.75, 3.05) is 19.8 Å². The molecule has 1 unspecified atom stereocenters. The number of carbonyl (C=O) groups excluding carboxylic acids is 2. The zero-order valence-electron chi connectivity index (χ0n) is 11.9. The van der Waals surface area contributed by atoms with E-state index in [9.17, 15) is 9.59 Å². The van der Waals surface area contributed by atoms with Crippen LogP contribution in [0.1, 0.15) is 36.3 Å². The van der Waals surface area contributed by atoms with E-state index in [4.69, 9.17) is 10.5 Å². The minimum atomic E-state index is -0.795. The molecule has 116 valence electrons. The monoisotopic (exact) mass is 297 g/mol. The van der Waals surface area contributed by atoms with Crippen molar-refractivity contribution < 1.29 is 18.8 Å². The van der Waals surface area contributed by atoms with Gasteiger partial charge in [-0.3, -0.25) is 4.79 Å². The fraction of sp³-hybridized carbons (Fsp3) is 0.667. The number of nitrogens with one attached hydrogen (secondary N) is 1. The number of likely N-dealkylation sites (tertiary alicyclic amines) is 1. The summed E-state index contributed by atoms with van der Waals surface area (Å²) in [6, 6.07) is -0.112. The molecule has 21 heavy (non-hydrogen) atoms. The Morgan fingerprint density at radius 2 is 2.38 bits per heavy atom. The maximum Gasteiger partial charge on any atom is 0.318 e. The molecule has 0 spiro atoms. The maximum atomic E-state index is 12.1. The van der Waals surface area contributed by atoms with Crippen molar-refractivity contribution in [2.24, 2.45) is 5.73 Å². The van der Waals surface area contributed by atoms with E-state index in [2.05, 4.69) is 20.0 Å². The normalized spacial score (nSPS) is 18.0. The van der Waals surface area contributed by atoms with Crippen LogP contribution in [0.2, 0.25) is 0 Å².